The van der Waals surface area contributed by atoms with Crippen LogP contribution in [0.15, 0.2) is 46.9 Å². The molecule has 0 aliphatic carbocycles. The number of nitrogens with zero attached hydrogens (tertiary/aromatic N) is 1. The molecule has 0 radical (unpaired) electrons. The van der Waals surface area contributed by atoms with E-state index in [4.69, 9.17) is 4.74 Å². The number of carbonyl (C=O) groups excluding carboxylic acids is 1. The lowest BCUT2D eigenvalue weighted by Gasteiger charge is -2.38. The highest BCUT2D eigenvalue weighted by Gasteiger charge is 2.49. The largest absolute Gasteiger partial charge is 0.444 e. The van der Waals surface area contributed by atoms with Crippen molar-refractivity contribution in [3.05, 3.63) is 63.6 Å². The predicted molar refractivity (Wildman–Crippen MR) is 96.1 cm³/mol. The number of carbonyl (C=O) groups is 1. The van der Waals surface area contributed by atoms with Crippen molar-refractivity contribution >= 4 is 27.7 Å². The van der Waals surface area contributed by atoms with Crippen molar-refractivity contribution in [1.82, 2.24) is 0 Å². The quantitative estimate of drug-likeness (QED) is 0.607. The number of anilines is 1. The number of halogens is 4. The molecule has 7 heteroatoms. The van der Waals surface area contributed by atoms with Crippen molar-refractivity contribution in [1.29, 1.82) is 0 Å². The van der Waals surface area contributed by atoms with Gasteiger partial charge in [-0.15, -0.1) is 0 Å². The molecule has 0 spiro atoms. The highest BCUT2D eigenvalue weighted by atomic mass is 79.9. The number of ether oxygens (including phenoxy) is 1. The zero-order valence-corrected chi connectivity index (χ0v) is 15.6. The molecule has 1 atom stereocenters. The second-order valence-electron chi connectivity index (χ2n) is 6.26. The Morgan fingerprint density at radius 2 is 1.96 bits per heavy atom. The molecule has 0 fully saturated rings. The Morgan fingerprint density at radius 3 is 2.62 bits per heavy atom. The smallest absolute Gasteiger partial charge is 0.415 e. The van der Waals surface area contributed by atoms with Crippen molar-refractivity contribution in [2.45, 2.75) is 38.6 Å². The van der Waals surface area contributed by atoms with Gasteiger partial charge < -0.3 is 4.74 Å². The summed E-state index contributed by atoms with van der Waals surface area (Å²) in [6.45, 7) is 1.78. The van der Waals surface area contributed by atoms with Crippen molar-refractivity contribution in [2.75, 3.05) is 4.90 Å². The highest BCUT2D eigenvalue weighted by Crippen LogP contribution is 2.42. The first-order valence-corrected chi connectivity index (χ1v) is 8.92. The van der Waals surface area contributed by atoms with Gasteiger partial charge in [0, 0.05) is 4.47 Å². The minimum atomic E-state index is -4.53. The van der Waals surface area contributed by atoms with Crippen LogP contribution < -0.4 is 4.90 Å². The third-order valence-corrected chi connectivity index (χ3v) is 4.91. The molecular formula is C19H17BrF3NO2. The molecule has 0 aromatic heterocycles. The Balaban J connectivity index is 1.93. The number of aryl methyl sites for hydroxylation is 2. The van der Waals surface area contributed by atoms with Crippen LogP contribution in [0.2, 0.25) is 0 Å². The molecule has 2 aromatic carbocycles. The molecular weight excluding hydrogens is 411 g/mol. The Bertz CT molecular complexity index is 808. The van der Waals surface area contributed by atoms with Crippen LogP contribution in [0.3, 0.4) is 0 Å². The summed E-state index contributed by atoms with van der Waals surface area (Å²) >= 11 is 3.32. The van der Waals surface area contributed by atoms with Crippen LogP contribution in [0.5, 0.6) is 0 Å². The molecule has 1 amide bonds. The summed E-state index contributed by atoms with van der Waals surface area (Å²) in [5.74, 6) is 0. The number of fused-ring (bicyclic) bond motifs is 1. The average molecular weight is 428 g/mol. The van der Waals surface area contributed by atoms with Crippen molar-refractivity contribution < 1.29 is 22.7 Å². The van der Waals surface area contributed by atoms with Crippen LogP contribution in [-0.2, 0) is 17.8 Å². The maximum absolute atomic E-state index is 13.6. The highest BCUT2D eigenvalue weighted by molar-refractivity contribution is 9.10. The Labute approximate surface area is 157 Å². The van der Waals surface area contributed by atoms with Crippen LogP contribution in [0.25, 0.3) is 0 Å². The molecule has 3 nitrogen and oxygen atoms in total. The molecule has 2 aromatic rings. The molecule has 26 heavy (non-hydrogen) atoms. The molecule has 1 aliphatic heterocycles. The number of hydrogen-bond donors (Lipinski definition) is 0. The van der Waals surface area contributed by atoms with Crippen LogP contribution in [-0.4, -0.2) is 18.3 Å². The fourth-order valence-corrected chi connectivity index (χ4v) is 3.97. The van der Waals surface area contributed by atoms with Gasteiger partial charge in [-0.2, -0.15) is 13.2 Å². The van der Waals surface area contributed by atoms with Gasteiger partial charge >= 0.3 is 12.3 Å². The summed E-state index contributed by atoms with van der Waals surface area (Å²) in [6, 6.07) is 10.5. The van der Waals surface area contributed by atoms with Crippen LogP contribution >= 0.6 is 15.9 Å². The van der Waals surface area contributed by atoms with E-state index in [9.17, 15) is 18.0 Å². The summed E-state index contributed by atoms with van der Waals surface area (Å²) < 4.78 is 46.3. The van der Waals surface area contributed by atoms with Gasteiger partial charge in [-0.05, 0) is 58.5 Å². The zero-order valence-electron chi connectivity index (χ0n) is 14.0. The lowest BCUT2D eigenvalue weighted by molar-refractivity contribution is -0.150. The first kappa shape index (κ1) is 18.8. The Kier molecular flexibility index (Phi) is 5.27. The summed E-state index contributed by atoms with van der Waals surface area (Å²) in [6.07, 6.45) is -5.47. The van der Waals surface area contributed by atoms with E-state index in [0.29, 0.717) is 15.6 Å². The fraction of sp³-hybridized carbons (Fsp3) is 0.316. The number of rotatable bonds is 2. The van der Waals surface area contributed by atoms with E-state index < -0.39 is 18.3 Å². The van der Waals surface area contributed by atoms with Crippen LogP contribution in [0.4, 0.5) is 23.7 Å². The van der Waals surface area contributed by atoms with Gasteiger partial charge in [0.15, 0.2) is 0 Å². The molecule has 1 aliphatic rings. The van der Waals surface area contributed by atoms with E-state index in [0.717, 1.165) is 10.5 Å². The lowest BCUT2D eigenvalue weighted by atomic mass is 9.94. The normalized spacial score (nSPS) is 17.0. The summed E-state index contributed by atoms with van der Waals surface area (Å²) in [5.41, 5.74) is 2.57. The monoisotopic (exact) mass is 427 g/mol. The maximum Gasteiger partial charge on any atom is 0.415 e. The van der Waals surface area contributed by atoms with E-state index in [1.54, 1.807) is 30.3 Å². The first-order chi connectivity index (χ1) is 12.3. The predicted octanol–water partition coefficient (Wildman–Crippen LogP) is 5.78. The van der Waals surface area contributed by atoms with E-state index in [-0.39, 0.29) is 25.1 Å². The summed E-state index contributed by atoms with van der Waals surface area (Å²) in [4.78, 5) is 13.4. The minimum Gasteiger partial charge on any atom is -0.444 e. The van der Waals surface area contributed by atoms with Crippen LogP contribution in [0.1, 0.15) is 23.1 Å². The number of hydrogen-bond acceptors (Lipinski definition) is 2. The number of benzene rings is 2. The molecule has 1 unspecified atom stereocenters. The van der Waals surface area contributed by atoms with E-state index in [2.05, 4.69) is 15.9 Å². The summed E-state index contributed by atoms with van der Waals surface area (Å²) in [7, 11) is 0. The fourth-order valence-electron chi connectivity index (χ4n) is 3.16. The maximum atomic E-state index is 13.6. The average Bonchev–Trinajstić information content (AvgIpc) is 2.58. The number of alkyl halides is 3. The second kappa shape index (κ2) is 7.31. The molecule has 3 rings (SSSR count). The topological polar surface area (TPSA) is 29.5 Å². The van der Waals surface area contributed by atoms with Gasteiger partial charge in [0.1, 0.15) is 12.6 Å². The van der Waals surface area contributed by atoms with Crippen molar-refractivity contribution in [3.8, 4) is 0 Å². The standard InChI is InChI=1S/C19H17BrF3NO2/c1-12-9-14-7-8-16(19(21,22)23)24(17(14)15(20)10-12)18(25)26-11-13-5-3-2-4-6-13/h2-6,9-10,16H,7-8,11H2,1H3. The molecule has 138 valence electrons. The summed E-state index contributed by atoms with van der Waals surface area (Å²) in [5, 5.41) is 0. The van der Waals surface area contributed by atoms with Gasteiger partial charge in [0.25, 0.3) is 0 Å². The molecule has 0 saturated heterocycles. The van der Waals surface area contributed by atoms with E-state index in [1.165, 1.54) is 0 Å². The second-order valence-corrected chi connectivity index (χ2v) is 7.12. The Hall–Kier alpha value is -2.02. The van der Waals surface area contributed by atoms with Crippen molar-refractivity contribution in [3.63, 3.8) is 0 Å². The van der Waals surface area contributed by atoms with Gasteiger partial charge in [-0.1, -0.05) is 36.4 Å². The van der Waals surface area contributed by atoms with E-state index >= 15 is 0 Å². The molecule has 0 saturated carbocycles. The number of amides is 1. The molecule has 1 heterocycles. The first-order valence-electron chi connectivity index (χ1n) is 8.13. The third kappa shape index (κ3) is 3.87. The van der Waals surface area contributed by atoms with Gasteiger partial charge in [0.2, 0.25) is 0 Å². The SMILES string of the molecule is Cc1cc(Br)c2c(c1)CCC(C(F)(F)F)N2C(=O)OCc1ccccc1. The molecule has 0 N–H and O–H groups in total. The molecule has 0 bridgehead atoms. The zero-order chi connectivity index (χ0) is 18.9. The minimum absolute atomic E-state index is 0.0838. The Morgan fingerprint density at radius 1 is 1.27 bits per heavy atom. The third-order valence-electron chi connectivity index (χ3n) is 4.31. The lowest BCUT2D eigenvalue weighted by Crippen LogP contribution is -2.52. The van der Waals surface area contributed by atoms with E-state index in [1.807, 2.05) is 19.1 Å². The van der Waals surface area contributed by atoms with Gasteiger partial charge in [0.05, 0.1) is 5.69 Å². The van der Waals surface area contributed by atoms with Crippen LogP contribution in [0, 0.1) is 6.92 Å². The van der Waals surface area contributed by atoms with Gasteiger partial charge in [-0.3, -0.25) is 4.90 Å². The van der Waals surface area contributed by atoms with Crippen molar-refractivity contribution in [2.24, 2.45) is 0 Å². The van der Waals surface area contributed by atoms with Gasteiger partial charge in [-0.25, -0.2) is 4.79 Å².